The summed E-state index contributed by atoms with van der Waals surface area (Å²) in [4.78, 5) is 23.5. The second-order valence-corrected chi connectivity index (χ2v) is 6.55. The number of rotatable bonds is 6. The summed E-state index contributed by atoms with van der Waals surface area (Å²) >= 11 is 1.12. The summed E-state index contributed by atoms with van der Waals surface area (Å²) in [5.74, 6) is 6.15. The highest BCUT2D eigenvalue weighted by molar-refractivity contribution is 7.99. The summed E-state index contributed by atoms with van der Waals surface area (Å²) in [6.45, 7) is 5.77. The second kappa shape index (κ2) is 8.52. The minimum absolute atomic E-state index is 0.00395. The van der Waals surface area contributed by atoms with Gasteiger partial charge in [-0.15, -0.1) is 10.2 Å². The lowest BCUT2D eigenvalue weighted by molar-refractivity contribution is -0.117. The molecular formula is C16H22N6O2S. The zero-order chi connectivity index (χ0) is 18.4. The molecule has 3 amide bonds. The molecule has 0 spiro atoms. The van der Waals surface area contributed by atoms with Crippen LogP contribution in [0.2, 0.25) is 0 Å². The molecule has 0 bridgehead atoms. The number of urea groups is 1. The zero-order valence-corrected chi connectivity index (χ0v) is 15.3. The van der Waals surface area contributed by atoms with Gasteiger partial charge in [-0.2, -0.15) is 0 Å². The summed E-state index contributed by atoms with van der Waals surface area (Å²) in [6, 6.07) is 7.19. The lowest BCUT2D eigenvalue weighted by Gasteiger charge is -2.11. The van der Waals surface area contributed by atoms with Crippen LogP contribution in [0, 0.1) is 6.92 Å². The van der Waals surface area contributed by atoms with E-state index in [9.17, 15) is 9.59 Å². The van der Waals surface area contributed by atoms with Crippen LogP contribution in [0.3, 0.4) is 0 Å². The van der Waals surface area contributed by atoms with E-state index < -0.39 is 11.9 Å². The number of carbonyl (C=O) groups is 2. The second-order valence-electron chi connectivity index (χ2n) is 5.61. The van der Waals surface area contributed by atoms with Crippen LogP contribution in [0.5, 0.6) is 0 Å². The zero-order valence-electron chi connectivity index (χ0n) is 14.4. The number of nitrogens with one attached hydrogen (secondary N) is 2. The minimum atomic E-state index is -0.505. The molecule has 1 heterocycles. The van der Waals surface area contributed by atoms with Crippen LogP contribution < -0.4 is 16.5 Å². The summed E-state index contributed by atoms with van der Waals surface area (Å²) in [5, 5.41) is 13.4. The molecule has 4 N–H and O–H groups in total. The Morgan fingerprint density at radius 1 is 1.32 bits per heavy atom. The molecule has 134 valence electrons. The highest BCUT2D eigenvalue weighted by Crippen LogP contribution is 2.23. The van der Waals surface area contributed by atoms with Crippen molar-refractivity contribution in [3.05, 3.63) is 29.8 Å². The van der Waals surface area contributed by atoms with Crippen molar-refractivity contribution in [2.75, 3.05) is 11.6 Å². The van der Waals surface area contributed by atoms with Gasteiger partial charge in [0.1, 0.15) is 0 Å². The molecule has 9 heteroatoms. The van der Waals surface area contributed by atoms with Crippen molar-refractivity contribution in [2.24, 2.45) is 0 Å². The number of nitrogen functional groups attached to an aromatic ring is 1. The average molecular weight is 362 g/mol. The van der Waals surface area contributed by atoms with Gasteiger partial charge in [-0.3, -0.25) is 10.1 Å². The maximum absolute atomic E-state index is 11.8. The highest BCUT2D eigenvalue weighted by atomic mass is 32.2. The Balaban J connectivity index is 1.95. The summed E-state index contributed by atoms with van der Waals surface area (Å²) in [7, 11) is 0. The highest BCUT2D eigenvalue weighted by Gasteiger charge is 2.16. The van der Waals surface area contributed by atoms with Crippen LogP contribution in [-0.4, -0.2) is 38.6 Å². The predicted molar refractivity (Wildman–Crippen MR) is 97.5 cm³/mol. The topological polar surface area (TPSA) is 115 Å². The van der Waals surface area contributed by atoms with Crippen LogP contribution in [-0.2, 0) is 4.79 Å². The number of amides is 3. The van der Waals surface area contributed by atoms with E-state index in [1.54, 1.807) is 0 Å². The minimum Gasteiger partial charge on any atom is -0.335 e. The molecule has 0 aliphatic heterocycles. The first-order valence-corrected chi connectivity index (χ1v) is 8.90. The molecular weight excluding hydrogens is 340 g/mol. The van der Waals surface area contributed by atoms with E-state index in [1.807, 2.05) is 45.0 Å². The molecule has 25 heavy (non-hydrogen) atoms. The first kappa shape index (κ1) is 18.8. The summed E-state index contributed by atoms with van der Waals surface area (Å²) in [6.07, 6.45) is 0.786. The molecule has 2 aromatic rings. The number of carbonyl (C=O) groups excluding carboxylic acids is 2. The monoisotopic (exact) mass is 362 g/mol. The number of aromatic nitrogens is 3. The lowest BCUT2D eigenvalue weighted by Crippen LogP contribution is -2.43. The van der Waals surface area contributed by atoms with Crippen molar-refractivity contribution in [1.82, 2.24) is 25.5 Å². The van der Waals surface area contributed by atoms with Gasteiger partial charge in [-0.1, -0.05) is 43.0 Å². The molecule has 1 aromatic heterocycles. The van der Waals surface area contributed by atoms with Gasteiger partial charge in [0.15, 0.2) is 5.82 Å². The Kier molecular flexibility index (Phi) is 6.40. The van der Waals surface area contributed by atoms with Crippen molar-refractivity contribution >= 4 is 23.7 Å². The largest absolute Gasteiger partial charge is 0.335 e. The van der Waals surface area contributed by atoms with Crippen molar-refractivity contribution < 1.29 is 9.59 Å². The lowest BCUT2D eigenvalue weighted by atomic mass is 10.1. The quantitative estimate of drug-likeness (QED) is 0.532. The fourth-order valence-corrected chi connectivity index (χ4v) is 2.69. The van der Waals surface area contributed by atoms with Crippen LogP contribution in [0.25, 0.3) is 11.4 Å². The Labute approximate surface area is 150 Å². The average Bonchev–Trinajstić information content (AvgIpc) is 2.93. The van der Waals surface area contributed by atoms with Gasteiger partial charge in [0.05, 0.1) is 5.75 Å². The van der Waals surface area contributed by atoms with Crippen molar-refractivity contribution in [3.63, 3.8) is 0 Å². The Morgan fingerprint density at radius 3 is 2.72 bits per heavy atom. The van der Waals surface area contributed by atoms with Crippen LogP contribution in [0.4, 0.5) is 4.79 Å². The molecule has 0 saturated heterocycles. The number of aryl methyl sites for hydroxylation is 1. The van der Waals surface area contributed by atoms with Gasteiger partial charge in [0.25, 0.3) is 0 Å². The maximum Gasteiger partial charge on any atom is 0.321 e. The number of nitrogens with zero attached hydrogens (tertiary/aromatic N) is 3. The molecule has 0 saturated carbocycles. The fraction of sp³-hybridized carbons (Fsp3) is 0.375. The van der Waals surface area contributed by atoms with Crippen LogP contribution >= 0.6 is 11.8 Å². The molecule has 8 nitrogen and oxygen atoms in total. The standard InChI is InChI=1S/C16H22N6O2S/c1-4-11(3)18-15(24)19-13(23)9-25-16-21-20-14(22(16)17)12-8-6-5-7-10(12)2/h5-8,11H,4,9,17H2,1-3H3,(H2,18,19,23,24)/t11-/m1/s1. The van der Waals surface area contributed by atoms with Gasteiger partial charge >= 0.3 is 6.03 Å². The summed E-state index contributed by atoms with van der Waals surface area (Å²) in [5.41, 5.74) is 1.90. The summed E-state index contributed by atoms with van der Waals surface area (Å²) < 4.78 is 1.35. The third-order valence-electron chi connectivity index (χ3n) is 3.63. The van der Waals surface area contributed by atoms with E-state index in [0.29, 0.717) is 11.0 Å². The Hall–Kier alpha value is -2.55. The molecule has 0 radical (unpaired) electrons. The number of thioether (sulfide) groups is 1. The third kappa shape index (κ3) is 4.96. The molecule has 1 atom stereocenters. The van der Waals surface area contributed by atoms with Crippen molar-refractivity contribution in [1.29, 1.82) is 0 Å². The van der Waals surface area contributed by atoms with Gasteiger partial charge in [0, 0.05) is 11.6 Å². The van der Waals surface area contributed by atoms with Gasteiger partial charge in [-0.05, 0) is 25.8 Å². The Morgan fingerprint density at radius 2 is 2.04 bits per heavy atom. The molecule has 0 unspecified atom stereocenters. The third-order valence-corrected chi connectivity index (χ3v) is 4.57. The SMILES string of the molecule is CC[C@@H](C)NC(=O)NC(=O)CSc1nnc(-c2ccccc2C)n1N. The van der Waals surface area contributed by atoms with E-state index in [1.165, 1.54) is 4.68 Å². The van der Waals surface area contributed by atoms with Crippen molar-refractivity contribution in [2.45, 2.75) is 38.4 Å². The number of benzene rings is 1. The van der Waals surface area contributed by atoms with E-state index in [0.717, 1.165) is 29.3 Å². The molecule has 2 rings (SSSR count). The van der Waals surface area contributed by atoms with Crippen LogP contribution in [0.15, 0.2) is 29.4 Å². The predicted octanol–water partition coefficient (Wildman–Crippen LogP) is 1.68. The first-order chi connectivity index (χ1) is 11.9. The first-order valence-electron chi connectivity index (χ1n) is 7.92. The fourth-order valence-electron chi connectivity index (χ4n) is 2.04. The van der Waals surface area contributed by atoms with Gasteiger partial charge < -0.3 is 11.2 Å². The van der Waals surface area contributed by atoms with Crippen LogP contribution in [0.1, 0.15) is 25.8 Å². The van der Waals surface area contributed by atoms with E-state index in [4.69, 9.17) is 5.84 Å². The molecule has 0 aliphatic rings. The van der Waals surface area contributed by atoms with E-state index in [2.05, 4.69) is 20.8 Å². The smallest absolute Gasteiger partial charge is 0.321 e. The Bertz CT molecular complexity index is 761. The number of hydrogen-bond acceptors (Lipinski definition) is 6. The van der Waals surface area contributed by atoms with Gasteiger partial charge in [-0.25, -0.2) is 9.47 Å². The van der Waals surface area contributed by atoms with Crippen molar-refractivity contribution in [3.8, 4) is 11.4 Å². The number of imide groups is 1. The van der Waals surface area contributed by atoms with E-state index >= 15 is 0 Å². The number of hydrogen-bond donors (Lipinski definition) is 3. The normalized spacial score (nSPS) is 11.8. The van der Waals surface area contributed by atoms with Gasteiger partial charge in [0.2, 0.25) is 11.1 Å². The molecule has 0 fully saturated rings. The maximum atomic E-state index is 11.8. The molecule has 1 aromatic carbocycles. The van der Waals surface area contributed by atoms with E-state index in [-0.39, 0.29) is 11.8 Å². The number of nitrogens with two attached hydrogens (primary N) is 1. The molecule has 0 aliphatic carbocycles.